The molecular formula is C12H22O6S. The molecule has 1 N–H and O–H groups in total. The number of hydrogen-bond donors (Lipinski definition) is 1. The number of carbonyl (C=O) groups is 1. The van der Waals surface area contributed by atoms with Gasteiger partial charge in [0.1, 0.15) is 0 Å². The third kappa shape index (κ3) is 5.88. The van der Waals surface area contributed by atoms with Gasteiger partial charge in [-0.15, -0.1) is 0 Å². The highest BCUT2D eigenvalue weighted by atomic mass is 32.2. The molecular weight excluding hydrogens is 272 g/mol. The van der Waals surface area contributed by atoms with Crippen molar-refractivity contribution in [1.82, 2.24) is 0 Å². The number of carboxylic acids is 1. The Morgan fingerprint density at radius 3 is 2.63 bits per heavy atom. The fourth-order valence-electron chi connectivity index (χ4n) is 2.35. The topological polar surface area (TPSA) is 89.9 Å². The molecule has 1 rings (SSSR count). The minimum Gasteiger partial charge on any atom is -0.481 e. The maximum atomic E-state index is 11.4. The molecule has 0 aliphatic carbocycles. The Hall–Kier alpha value is -0.660. The molecule has 0 radical (unpaired) electrons. The minimum atomic E-state index is -3.03. The van der Waals surface area contributed by atoms with Gasteiger partial charge in [0, 0.05) is 13.7 Å². The fraction of sp³-hybridized carbons (Fsp3) is 0.917. The Morgan fingerprint density at radius 2 is 2.11 bits per heavy atom. The van der Waals surface area contributed by atoms with E-state index in [1.165, 1.54) is 0 Å². The molecule has 1 fully saturated rings. The van der Waals surface area contributed by atoms with E-state index < -0.39 is 21.7 Å². The van der Waals surface area contributed by atoms with Crippen LogP contribution in [0.15, 0.2) is 0 Å². The third-order valence-corrected chi connectivity index (χ3v) is 5.18. The van der Waals surface area contributed by atoms with Gasteiger partial charge in [0.2, 0.25) is 0 Å². The quantitative estimate of drug-likeness (QED) is 0.625. The van der Waals surface area contributed by atoms with E-state index in [4.69, 9.17) is 9.47 Å². The molecule has 0 bridgehead atoms. The number of aliphatic carboxylic acids is 1. The lowest BCUT2D eigenvalue weighted by Gasteiger charge is -2.17. The molecule has 1 aliphatic rings. The lowest BCUT2D eigenvalue weighted by molar-refractivity contribution is -0.143. The molecule has 1 aliphatic heterocycles. The summed E-state index contributed by atoms with van der Waals surface area (Å²) in [6, 6.07) is 0. The number of rotatable bonds is 9. The number of hydrogen-bond acceptors (Lipinski definition) is 5. The number of carboxylic acid groups (broad SMARTS) is 1. The predicted molar refractivity (Wildman–Crippen MR) is 69.8 cm³/mol. The van der Waals surface area contributed by atoms with Crippen molar-refractivity contribution in [3.63, 3.8) is 0 Å². The molecule has 0 saturated carbocycles. The minimum absolute atomic E-state index is 0.00843. The van der Waals surface area contributed by atoms with E-state index in [1.807, 2.05) is 0 Å². The average Bonchev–Trinajstić information content (AvgIpc) is 2.68. The van der Waals surface area contributed by atoms with Crippen LogP contribution in [0.2, 0.25) is 0 Å². The predicted octanol–water partition coefficient (Wildman–Crippen LogP) is 0.565. The van der Waals surface area contributed by atoms with Crippen LogP contribution in [0.25, 0.3) is 0 Å². The van der Waals surface area contributed by atoms with Crippen LogP contribution in [0.1, 0.15) is 19.3 Å². The van der Waals surface area contributed by atoms with Gasteiger partial charge in [0.15, 0.2) is 9.84 Å². The SMILES string of the molecule is COCCOCCCC(C(=O)O)C1CCS(=O)(=O)C1. The first-order chi connectivity index (χ1) is 8.96. The van der Waals surface area contributed by atoms with Crippen LogP contribution in [0.5, 0.6) is 0 Å². The Kier molecular flexibility index (Phi) is 6.74. The van der Waals surface area contributed by atoms with Gasteiger partial charge in [-0.1, -0.05) is 0 Å². The molecule has 0 spiro atoms. The summed E-state index contributed by atoms with van der Waals surface area (Å²) in [6.07, 6.45) is 1.55. The van der Waals surface area contributed by atoms with E-state index in [9.17, 15) is 18.3 Å². The Balaban J connectivity index is 2.32. The average molecular weight is 294 g/mol. The van der Waals surface area contributed by atoms with Crippen molar-refractivity contribution in [1.29, 1.82) is 0 Å². The van der Waals surface area contributed by atoms with E-state index in [2.05, 4.69) is 0 Å². The standard InChI is InChI=1S/C12H22O6S/c1-17-6-7-18-5-2-3-11(12(13)14)10-4-8-19(15,16)9-10/h10-11H,2-9H2,1H3,(H,13,14). The van der Waals surface area contributed by atoms with Gasteiger partial charge >= 0.3 is 5.97 Å². The monoisotopic (exact) mass is 294 g/mol. The maximum absolute atomic E-state index is 11.4. The van der Waals surface area contributed by atoms with Crippen LogP contribution in [0, 0.1) is 11.8 Å². The Morgan fingerprint density at radius 1 is 1.37 bits per heavy atom. The second kappa shape index (κ2) is 7.81. The van der Waals surface area contributed by atoms with E-state index in [0.29, 0.717) is 39.1 Å². The van der Waals surface area contributed by atoms with Gasteiger partial charge in [-0.2, -0.15) is 0 Å². The van der Waals surface area contributed by atoms with Crippen LogP contribution in [-0.4, -0.2) is 57.9 Å². The maximum Gasteiger partial charge on any atom is 0.306 e. The van der Waals surface area contributed by atoms with Crippen molar-refractivity contribution in [3.05, 3.63) is 0 Å². The number of ether oxygens (including phenoxy) is 2. The van der Waals surface area contributed by atoms with E-state index in [-0.39, 0.29) is 17.4 Å². The second-order valence-electron chi connectivity index (χ2n) is 4.86. The van der Waals surface area contributed by atoms with E-state index in [0.717, 1.165) is 0 Å². The van der Waals surface area contributed by atoms with Gasteiger partial charge < -0.3 is 14.6 Å². The molecule has 2 atom stereocenters. The first-order valence-corrected chi connectivity index (χ1v) is 8.28. The smallest absolute Gasteiger partial charge is 0.306 e. The molecule has 1 saturated heterocycles. The molecule has 112 valence electrons. The largest absolute Gasteiger partial charge is 0.481 e. The highest BCUT2D eigenvalue weighted by molar-refractivity contribution is 7.91. The zero-order valence-corrected chi connectivity index (χ0v) is 12.0. The summed E-state index contributed by atoms with van der Waals surface area (Å²) >= 11 is 0. The highest BCUT2D eigenvalue weighted by Gasteiger charge is 2.36. The summed E-state index contributed by atoms with van der Waals surface area (Å²) in [5.41, 5.74) is 0. The van der Waals surface area contributed by atoms with Crippen LogP contribution in [0.4, 0.5) is 0 Å². The molecule has 1 heterocycles. The molecule has 0 aromatic heterocycles. The first kappa shape index (κ1) is 16.4. The zero-order chi connectivity index (χ0) is 14.3. The Bertz CT molecular complexity index is 378. The number of methoxy groups -OCH3 is 1. The van der Waals surface area contributed by atoms with Gasteiger partial charge in [0.25, 0.3) is 0 Å². The summed E-state index contributed by atoms with van der Waals surface area (Å²) in [7, 11) is -1.44. The lowest BCUT2D eigenvalue weighted by Crippen LogP contribution is -2.25. The summed E-state index contributed by atoms with van der Waals surface area (Å²) in [4.78, 5) is 11.2. The summed E-state index contributed by atoms with van der Waals surface area (Å²) in [6.45, 7) is 1.49. The summed E-state index contributed by atoms with van der Waals surface area (Å²) < 4.78 is 32.9. The van der Waals surface area contributed by atoms with Crippen LogP contribution < -0.4 is 0 Å². The van der Waals surface area contributed by atoms with Crippen molar-refractivity contribution >= 4 is 15.8 Å². The van der Waals surface area contributed by atoms with E-state index in [1.54, 1.807) is 7.11 Å². The number of sulfone groups is 1. The van der Waals surface area contributed by atoms with Gasteiger partial charge in [-0.3, -0.25) is 4.79 Å². The highest BCUT2D eigenvalue weighted by Crippen LogP contribution is 2.29. The molecule has 2 unspecified atom stereocenters. The van der Waals surface area contributed by atoms with Crippen molar-refractivity contribution in [2.45, 2.75) is 19.3 Å². The molecule has 6 nitrogen and oxygen atoms in total. The van der Waals surface area contributed by atoms with Crippen LogP contribution >= 0.6 is 0 Å². The van der Waals surface area contributed by atoms with Crippen molar-refractivity contribution in [2.24, 2.45) is 11.8 Å². The first-order valence-electron chi connectivity index (χ1n) is 6.46. The third-order valence-electron chi connectivity index (χ3n) is 3.39. The van der Waals surface area contributed by atoms with Gasteiger partial charge in [-0.05, 0) is 25.2 Å². The van der Waals surface area contributed by atoms with E-state index >= 15 is 0 Å². The van der Waals surface area contributed by atoms with Crippen LogP contribution in [-0.2, 0) is 24.1 Å². The van der Waals surface area contributed by atoms with Crippen LogP contribution in [0.3, 0.4) is 0 Å². The molecule has 19 heavy (non-hydrogen) atoms. The van der Waals surface area contributed by atoms with Crippen molar-refractivity contribution in [3.8, 4) is 0 Å². The molecule has 0 aromatic rings. The Labute approximate surface area is 114 Å². The summed E-state index contributed by atoms with van der Waals surface area (Å²) in [5, 5.41) is 9.19. The second-order valence-corrected chi connectivity index (χ2v) is 7.08. The zero-order valence-electron chi connectivity index (χ0n) is 11.2. The molecule has 7 heteroatoms. The van der Waals surface area contributed by atoms with Crippen molar-refractivity contribution in [2.75, 3.05) is 38.4 Å². The normalized spacial score (nSPS) is 23.3. The fourth-order valence-corrected chi connectivity index (χ4v) is 4.23. The van der Waals surface area contributed by atoms with Crippen molar-refractivity contribution < 1.29 is 27.8 Å². The molecule has 0 amide bonds. The van der Waals surface area contributed by atoms with Gasteiger partial charge in [0.05, 0.1) is 30.6 Å². The lowest BCUT2D eigenvalue weighted by atomic mass is 9.88. The molecule has 0 aromatic carbocycles. The summed E-state index contributed by atoms with van der Waals surface area (Å²) in [5.74, 6) is -1.61. The van der Waals surface area contributed by atoms with Gasteiger partial charge in [-0.25, -0.2) is 8.42 Å².